The Bertz CT molecular complexity index is 3360. The van der Waals surface area contributed by atoms with E-state index in [0.29, 0.717) is 0 Å². The van der Waals surface area contributed by atoms with E-state index in [-0.39, 0.29) is 5.41 Å². The summed E-state index contributed by atoms with van der Waals surface area (Å²) < 4.78 is 5.00. The van der Waals surface area contributed by atoms with Crippen LogP contribution in [0.25, 0.3) is 58.8 Å². The molecule has 3 nitrogen and oxygen atoms in total. The maximum absolute atomic E-state index is 3.94. The minimum absolute atomic E-state index is 0.205. The summed E-state index contributed by atoms with van der Waals surface area (Å²) in [7, 11) is 0. The Morgan fingerprint density at radius 3 is 2.15 bits per heavy atom. The van der Waals surface area contributed by atoms with Crippen molar-refractivity contribution in [2.24, 2.45) is 0 Å². The van der Waals surface area contributed by atoms with E-state index in [2.05, 4.69) is 236 Å². The molecule has 0 fully saturated rings. The molecular weight excluding hydrogens is 771 g/mol. The lowest BCUT2D eigenvalue weighted by Gasteiger charge is -2.30. The fraction of sp³-hybridized carbons (Fsp3) is 0.103. The van der Waals surface area contributed by atoms with E-state index in [1.807, 2.05) is 11.3 Å². The van der Waals surface area contributed by atoms with E-state index in [1.54, 1.807) is 0 Å². The lowest BCUT2D eigenvalue weighted by Crippen LogP contribution is -2.21. The first-order chi connectivity index (χ1) is 30.4. The largest absolute Gasteiger partial charge is 0.355 e. The van der Waals surface area contributed by atoms with Gasteiger partial charge in [-0.1, -0.05) is 141 Å². The van der Waals surface area contributed by atoms with E-state index in [9.17, 15) is 0 Å². The maximum Gasteiger partial charge on any atom is 0.0562 e. The predicted molar refractivity (Wildman–Crippen MR) is 267 cm³/mol. The molecule has 0 aliphatic heterocycles. The van der Waals surface area contributed by atoms with Crippen molar-refractivity contribution in [3.8, 4) is 16.8 Å². The van der Waals surface area contributed by atoms with Crippen LogP contribution in [0.4, 0.5) is 22.7 Å². The van der Waals surface area contributed by atoms with Crippen LogP contribution in [0.1, 0.15) is 43.4 Å². The van der Waals surface area contributed by atoms with Crippen LogP contribution in [-0.2, 0) is 5.41 Å². The lowest BCUT2D eigenvalue weighted by molar-refractivity contribution is 0.638. The van der Waals surface area contributed by atoms with Gasteiger partial charge in [0.25, 0.3) is 0 Å². The number of aryl methyl sites for hydroxylation is 1. The molecule has 1 aliphatic carbocycles. The number of nitrogens with one attached hydrogen (secondary N) is 1. The fourth-order valence-electron chi connectivity index (χ4n) is 9.89. The Hall–Kier alpha value is -7.14. The predicted octanol–water partition coefficient (Wildman–Crippen LogP) is 16.6. The summed E-state index contributed by atoms with van der Waals surface area (Å²) >= 11 is 1.88. The van der Waals surface area contributed by atoms with Crippen LogP contribution in [0.2, 0.25) is 0 Å². The normalized spacial score (nSPS) is 13.0. The van der Waals surface area contributed by atoms with Gasteiger partial charge in [0.2, 0.25) is 0 Å². The lowest BCUT2D eigenvalue weighted by atomic mass is 9.75. The van der Waals surface area contributed by atoms with E-state index in [0.717, 1.165) is 35.6 Å². The molecule has 11 rings (SSSR count). The standard InChI is InChI=1S/C58H47N3S/c1-39-19-10-13-26-49(39)58(2,3)50-27-14-15-28-51(50)59-41-37-47(57-48(38-41)45-24-12-17-32-55(45)62-57)40-33-35-44(36-34-40)60(42-20-6-4-7-21-42)53-30-18-31-54-56(53)46-25-11-16-29-52(46)61(54)43-22-8-5-9-23-43/h4-6,8-20,22-38,59H,7,21H2,1-3H3. The molecule has 0 saturated heterocycles. The van der Waals surface area contributed by atoms with Crippen molar-refractivity contribution in [3.63, 3.8) is 0 Å². The minimum atomic E-state index is -0.205. The zero-order valence-corrected chi connectivity index (χ0v) is 36.1. The summed E-state index contributed by atoms with van der Waals surface area (Å²) in [5.74, 6) is 0. The molecule has 62 heavy (non-hydrogen) atoms. The highest BCUT2D eigenvalue weighted by molar-refractivity contribution is 7.26. The molecular formula is C58H47N3S. The summed E-state index contributed by atoms with van der Waals surface area (Å²) in [5, 5.41) is 9.00. The monoisotopic (exact) mass is 817 g/mol. The topological polar surface area (TPSA) is 20.2 Å². The average molecular weight is 818 g/mol. The number of aromatic nitrogens is 1. The zero-order chi connectivity index (χ0) is 41.8. The SMILES string of the molecule is Cc1ccccc1C(C)(C)c1ccccc1Nc1cc(-c2ccc(N(C3=CC=CCC3)c3cccc4c3c3ccccc3n4-c3ccccc3)cc2)c2sc3ccccc3c2c1. The van der Waals surface area contributed by atoms with E-state index < -0.39 is 0 Å². The van der Waals surface area contributed by atoms with Gasteiger partial charge in [-0.25, -0.2) is 0 Å². The summed E-state index contributed by atoms with van der Waals surface area (Å²) in [5.41, 5.74) is 15.5. The Balaban J connectivity index is 1.05. The van der Waals surface area contributed by atoms with Crippen LogP contribution in [0.5, 0.6) is 0 Å². The third-order valence-electron chi connectivity index (χ3n) is 12.8. The first kappa shape index (κ1) is 37.8. The van der Waals surface area contributed by atoms with Gasteiger partial charge < -0.3 is 14.8 Å². The molecule has 0 unspecified atom stereocenters. The number of benzene rings is 8. The summed E-state index contributed by atoms with van der Waals surface area (Å²) in [6, 6.07) is 66.7. The van der Waals surface area contributed by atoms with Gasteiger partial charge in [-0.2, -0.15) is 0 Å². The molecule has 0 spiro atoms. The van der Waals surface area contributed by atoms with Crippen molar-refractivity contribution in [1.82, 2.24) is 4.57 Å². The average Bonchev–Trinajstić information content (AvgIpc) is 3.86. The Morgan fingerprint density at radius 2 is 1.34 bits per heavy atom. The second-order valence-electron chi connectivity index (χ2n) is 17.0. The smallest absolute Gasteiger partial charge is 0.0562 e. The van der Waals surface area contributed by atoms with Gasteiger partial charge in [0.1, 0.15) is 0 Å². The highest BCUT2D eigenvalue weighted by Gasteiger charge is 2.28. The molecule has 0 amide bonds. The van der Waals surface area contributed by atoms with Crippen molar-refractivity contribution >= 4 is 76.1 Å². The van der Waals surface area contributed by atoms with E-state index >= 15 is 0 Å². The quantitative estimate of drug-likeness (QED) is 0.157. The van der Waals surface area contributed by atoms with Gasteiger partial charge in [-0.05, 0) is 115 Å². The Labute approximate surface area is 367 Å². The molecule has 1 N–H and O–H groups in total. The van der Waals surface area contributed by atoms with Gasteiger partial charge in [0, 0.05) is 70.4 Å². The first-order valence-electron chi connectivity index (χ1n) is 21.7. The molecule has 0 atom stereocenters. The van der Waals surface area contributed by atoms with Crippen LogP contribution >= 0.6 is 11.3 Å². The number of anilines is 4. The van der Waals surface area contributed by atoms with Gasteiger partial charge in [-0.15, -0.1) is 11.3 Å². The third kappa shape index (κ3) is 6.42. The van der Waals surface area contributed by atoms with Crippen LogP contribution in [0.15, 0.2) is 206 Å². The molecule has 0 radical (unpaired) electrons. The highest BCUT2D eigenvalue weighted by Crippen LogP contribution is 2.46. The first-order valence-corrected chi connectivity index (χ1v) is 22.5. The second kappa shape index (κ2) is 15.4. The van der Waals surface area contributed by atoms with Crippen molar-refractivity contribution in [1.29, 1.82) is 0 Å². The van der Waals surface area contributed by atoms with Crippen molar-refractivity contribution in [2.45, 2.75) is 39.0 Å². The summed E-state index contributed by atoms with van der Waals surface area (Å²) in [6.45, 7) is 6.89. The van der Waals surface area contributed by atoms with Gasteiger partial charge in [-0.3, -0.25) is 0 Å². The van der Waals surface area contributed by atoms with E-state index in [1.165, 1.54) is 81.2 Å². The highest BCUT2D eigenvalue weighted by atomic mass is 32.1. The zero-order valence-electron chi connectivity index (χ0n) is 35.3. The van der Waals surface area contributed by atoms with Gasteiger partial charge in [0.15, 0.2) is 0 Å². The van der Waals surface area contributed by atoms with Gasteiger partial charge >= 0.3 is 0 Å². The van der Waals surface area contributed by atoms with Crippen molar-refractivity contribution in [3.05, 3.63) is 223 Å². The number of fused-ring (bicyclic) bond motifs is 6. The molecule has 4 heteroatoms. The van der Waals surface area contributed by atoms with Crippen molar-refractivity contribution < 1.29 is 0 Å². The molecule has 0 saturated carbocycles. The van der Waals surface area contributed by atoms with Crippen LogP contribution in [0, 0.1) is 6.92 Å². The molecule has 8 aromatic carbocycles. The van der Waals surface area contributed by atoms with Crippen molar-refractivity contribution in [2.75, 3.05) is 10.2 Å². The Morgan fingerprint density at radius 1 is 0.629 bits per heavy atom. The minimum Gasteiger partial charge on any atom is -0.355 e. The molecule has 300 valence electrons. The summed E-state index contributed by atoms with van der Waals surface area (Å²) in [6.07, 6.45) is 8.75. The van der Waals surface area contributed by atoms with Gasteiger partial charge in [0.05, 0.1) is 16.7 Å². The Kier molecular flexibility index (Phi) is 9.40. The maximum atomic E-state index is 3.94. The number of hydrogen-bond acceptors (Lipinski definition) is 3. The number of allylic oxidation sites excluding steroid dienone is 4. The number of para-hydroxylation sites is 3. The van der Waals surface area contributed by atoms with E-state index in [4.69, 9.17) is 0 Å². The third-order valence-corrected chi connectivity index (χ3v) is 14.0. The van der Waals surface area contributed by atoms with Crippen LogP contribution in [0.3, 0.4) is 0 Å². The number of hydrogen-bond donors (Lipinski definition) is 1. The second-order valence-corrected chi connectivity index (χ2v) is 18.0. The molecule has 10 aromatic rings. The molecule has 0 bridgehead atoms. The molecule has 2 aromatic heterocycles. The van der Waals surface area contributed by atoms with Crippen LogP contribution in [-0.4, -0.2) is 4.57 Å². The fourth-order valence-corrected chi connectivity index (χ4v) is 11.1. The number of rotatable bonds is 9. The summed E-state index contributed by atoms with van der Waals surface area (Å²) in [4.78, 5) is 2.50. The number of thiophene rings is 1. The molecule has 2 heterocycles. The van der Waals surface area contributed by atoms with Crippen LogP contribution < -0.4 is 10.2 Å². The number of nitrogens with zero attached hydrogens (tertiary/aromatic N) is 2. The molecule has 1 aliphatic rings.